The highest BCUT2D eigenvalue weighted by Crippen LogP contribution is 2.22. The summed E-state index contributed by atoms with van der Waals surface area (Å²) >= 11 is 3.32. The molecule has 0 aliphatic carbocycles. The molecule has 0 bridgehead atoms. The number of carbonyl (C=O) groups excluding carboxylic acids is 1. The molecule has 1 atom stereocenters. The van der Waals surface area contributed by atoms with E-state index in [-0.39, 0.29) is 25.2 Å². The second kappa shape index (κ2) is 7.50. The number of halogens is 1. The maximum Gasteiger partial charge on any atom is 0.258 e. The molecule has 19 heavy (non-hydrogen) atoms. The SMILES string of the molecule is CC(C)C(C)NC(=O)COc1ccc(Br)c(CO)c1. The van der Waals surface area contributed by atoms with Gasteiger partial charge < -0.3 is 15.2 Å². The minimum Gasteiger partial charge on any atom is -0.484 e. The van der Waals surface area contributed by atoms with Crippen LogP contribution in [0.25, 0.3) is 0 Å². The van der Waals surface area contributed by atoms with Crippen molar-refractivity contribution in [3.63, 3.8) is 0 Å². The van der Waals surface area contributed by atoms with Gasteiger partial charge in [0.25, 0.3) is 5.91 Å². The van der Waals surface area contributed by atoms with Crippen molar-refractivity contribution >= 4 is 21.8 Å². The number of rotatable bonds is 6. The van der Waals surface area contributed by atoms with Crippen LogP contribution in [0.4, 0.5) is 0 Å². The molecule has 2 N–H and O–H groups in total. The molecule has 0 spiro atoms. The first kappa shape index (κ1) is 16.0. The van der Waals surface area contributed by atoms with E-state index >= 15 is 0 Å². The van der Waals surface area contributed by atoms with Crippen LogP contribution in [0.1, 0.15) is 26.3 Å². The van der Waals surface area contributed by atoms with E-state index in [4.69, 9.17) is 9.84 Å². The zero-order valence-corrected chi connectivity index (χ0v) is 13.0. The average Bonchev–Trinajstić information content (AvgIpc) is 2.37. The van der Waals surface area contributed by atoms with Crippen molar-refractivity contribution in [1.82, 2.24) is 5.32 Å². The van der Waals surface area contributed by atoms with Gasteiger partial charge in [0.05, 0.1) is 6.61 Å². The largest absolute Gasteiger partial charge is 0.484 e. The maximum absolute atomic E-state index is 11.7. The molecule has 1 rings (SSSR count). The van der Waals surface area contributed by atoms with Crippen LogP contribution in [0.5, 0.6) is 5.75 Å². The lowest BCUT2D eigenvalue weighted by Crippen LogP contribution is -2.38. The first-order valence-corrected chi connectivity index (χ1v) is 7.04. The molecule has 0 aliphatic heterocycles. The molecule has 0 saturated carbocycles. The molecule has 1 amide bonds. The number of amides is 1. The van der Waals surface area contributed by atoms with Crippen LogP contribution in [-0.4, -0.2) is 23.7 Å². The molecule has 5 heteroatoms. The van der Waals surface area contributed by atoms with Crippen LogP contribution in [0.2, 0.25) is 0 Å². The topological polar surface area (TPSA) is 58.6 Å². The summed E-state index contributed by atoms with van der Waals surface area (Å²) in [5.74, 6) is 0.812. The highest BCUT2D eigenvalue weighted by atomic mass is 79.9. The third-order valence-electron chi connectivity index (χ3n) is 2.95. The molecular formula is C14H20BrNO3. The van der Waals surface area contributed by atoms with Gasteiger partial charge in [-0.2, -0.15) is 0 Å². The van der Waals surface area contributed by atoms with Crippen molar-refractivity contribution in [2.45, 2.75) is 33.4 Å². The number of aliphatic hydroxyl groups excluding tert-OH is 1. The van der Waals surface area contributed by atoms with Gasteiger partial charge in [0.2, 0.25) is 0 Å². The molecular weight excluding hydrogens is 310 g/mol. The average molecular weight is 330 g/mol. The van der Waals surface area contributed by atoms with Crippen molar-refractivity contribution in [2.75, 3.05) is 6.61 Å². The fraction of sp³-hybridized carbons (Fsp3) is 0.500. The summed E-state index contributed by atoms with van der Waals surface area (Å²) in [6.07, 6.45) is 0. The van der Waals surface area contributed by atoms with E-state index in [0.29, 0.717) is 11.7 Å². The number of aliphatic hydroxyl groups is 1. The second-order valence-corrected chi connectivity index (χ2v) is 5.65. The molecule has 0 saturated heterocycles. The molecule has 4 nitrogen and oxygen atoms in total. The molecule has 1 aromatic rings. The predicted octanol–water partition coefficient (Wildman–Crippen LogP) is 2.48. The van der Waals surface area contributed by atoms with E-state index in [1.807, 2.05) is 20.8 Å². The van der Waals surface area contributed by atoms with Crippen LogP contribution in [0.3, 0.4) is 0 Å². The Morgan fingerprint density at radius 1 is 1.42 bits per heavy atom. The fourth-order valence-electron chi connectivity index (χ4n) is 1.37. The minimum atomic E-state index is -0.144. The number of nitrogens with one attached hydrogen (secondary N) is 1. The van der Waals surface area contributed by atoms with Crippen molar-refractivity contribution in [3.8, 4) is 5.75 Å². The van der Waals surface area contributed by atoms with Crippen LogP contribution in [0.15, 0.2) is 22.7 Å². The van der Waals surface area contributed by atoms with Gasteiger partial charge >= 0.3 is 0 Å². The first-order valence-electron chi connectivity index (χ1n) is 6.25. The summed E-state index contributed by atoms with van der Waals surface area (Å²) in [6.45, 7) is 5.96. The van der Waals surface area contributed by atoms with E-state index in [9.17, 15) is 4.79 Å². The minimum absolute atomic E-state index is 0.0242. The van der Waals surface area contributed by atoms with Gasteiger partial charge in [-0.15, -0.1) is 0 Å². The number of ether oxygens (including phenoxy) is 1. The summed E-state index contributed by atoms with van der Waals surface area (Å²) < 4.78 is 6.22. The molecule has 106 valence electrons. The molecule has 0 heterocycles. The lowest BCUT2D eigenvalue weighted by atomic mass is 10.1. The third-order valence-corrected chi connectivity index (χ3v) is 3.72. The highest BCUT2D eigenvalue weighted by molar-refractivity contribution is 9.10. The van der Waals surface area contributed by atoms with E-state index in [1.165, 1.54) is 0 Å². The van der Waals surface area contributed by atoms with Crippen LogP contribution >= 0.6 is 15.9 Å². The van der Waals surface area contributed by atoms with Crippen molar-refractivity contribution in [2.24, 2.45) is 5.92 Å². The second-order valence-electron chi connectivity index (χ2n) is 4.80. The highest BCUT2D eigenvalue weighted by Gasteiger charge is 2.11. The van der Waals surface area contributed by atoms with E-state index < -0.39 is 0 Å². The monoisotopic (exact) mass is 329 g/mol. The van der Waals surface area contributed by atoms with Gasteiger partial charge in [0.1, 0.15) is 5.75 Å². The van der Waals surface area contributed by atoms with Crippen LogP contribution in [-0.2, 0) is 11.4 Å². The van der Waals surface area contributed by atoms with E-state index in [1.54, 1.807) is 18.2 Å². The predicted molar refractivity (Wildman–Crippen MR) is 78.0 cm³/mol. The van der Waals surface area contributed by atoms with Gasteiger partial charge in [-0.25, -0.2) is 0 Å². The number of hydrogen-bond donors (Lipinski definition) is 2. The quantitative estimate of drug-likeness (QED) is 0.842. The Kier molecular flexibility index (Phi) is 6.31. The lowest BCUT2D eigenvalue weighted by molar-refractivity contribution is -0.124. The van der Waals surface area contributed by atoms with E-state index in [2.05, 4.69) is 21.2 Å². The molecule has 0 fully saturated rings. The maximum atomic E-state index is 11.7. The Morgan fingerprint density at radius 3 is 2.68 bits per heavy atom. The van der Waals surface area contributed by atoms with Gasteiger partial charge in [-0.3, -0.25) is 4.79 Å². The third kappa shape index (κ3) is 5.20. The number of benzene rings is 1. The van der Waals surface area contributed by atoms with Gasteiger partial charge in [-0.1, -0.05) is 29.8 Å². The summed E-state index contributed by atoms with van der Waals surface area (Å²) in [4.78, 5) is 11.7. The summed E-state index contributed by atoms with van der Waals surface area (Å²) in [6, 6.07) is 5.37. The molecule has 0 aliphatic rings. The molecule has 1 aromatic carbocycles. The molecule has 0 aromatic heterocycles. The van der Waals surface area contributed by atoms with Crippen molar-refractivity contribution in [3.05, 3.63) is 28.2 Å². The van der Waals surface area contributed by atoms with Crippen LogP contribution in [0, 0.1) is 5.92 Å². The van der Waals surface area contributed by atoms with Crippen molar-refractivity contribution < 1.29 is 14.6 Å². The summed E-state index contributed by atoms with van der Waals surface area (Å²) in [5, 5.41) is 12.0. The molecule has 1 unspecified atom stereocenters. The lowest BCUT2D eigenvalue weighted by Gasteiger charge is -2.17. The molecule has 0 radical (unpaired) electrons. The van der Waals surface area contributed by atoms with Gasteiger partial charge in [0, 0.05) is 10.5 Å². The van der Waals surface area contributed by atoms with E-state index in [0.717, 1.165) is 10.0 Å². The van der Waals surface area contributed by atoms with Crippen molar-refractivity contribution in [1.29, 1.82) is 0 Å². The standard InChI is InChI=1S/C14H20BrNO3/c1-9(2)10(3)16-14(18)8-19-12-4-5-13(15)11(6-12)7-17/h4-6,9-10,17H,7-8H2,1-3H3,(H,16,18). The smallest absolute Gasteiger partial charge is 0.258 e. The Hall–Kier alpha value is -1.07. The summed E-state index contributed by atoms with van der Waals surface area (Å²) in [7, 11) is 0. The van der Waals surface area contributed by atoms with Gasteiger partial charge in [-0.05, 0) is 36.6 Å². The number of carbonyl (C=O) groups is 1. The number of hydrogen-bond acceptors (Lipinski definition) is 3. The van der Waals surface area contributed by atoms with Crippen LogP contribution < -0.4 is 10.1 Å². The van der Waals surface area contributed by atoms with Gasteiger partial charge in [0.15, 0.2) is 6.61 Å². The fourth-order valence-corrected chi connectivity index (χ4v) is 1.75. The zero-order chi connectivity index (χ0) is 14.4. The zero-order valence-electron chi connectivity index (χ0n) is 11.4. The Bertz CT molecular complexity index is 435. The normalized spacial score (nSPS) is 12.3. The summed E-state index contributed by atoms with van der Waals surface area (Å²) in [5.41, 5.74) is 0.730. The first-order chi connectivity index (χ1) is 8.93. The Balaban J connectivity index is 2.50. The Morgan fingerprint density at radius 2 is 2.11 bits per heavy atom. The Labute approximate surface area is 122 Å².